The second-order valence-electron chi connectivity index (χ2n) is 11.5. The summed E-state index contributed by atoms with van der Waals surface area (Å²) in [5.74, 6) is 0.198. The molecule has 1 aliphatic rings. The Morgan fingerprint density at radius 3 is 2.71 bits per heavy atom. The SMILES string of the molecule is Cc1ccc([C@@H]2COC(=O)N2c2ccn3ncc(-c4ccc(-c5ncn(COCC[Si](C)(C)C)n5)c(F)c4)c3n2)cn1. The van der Waals surface area contributed by atoms with Crippen LogP contribution < -0.4 is 4.90 Å². The number of hydrogen-bond acceptors (Lipinski definition) is 8. The summed E-state index contributed by atoms with van der Waals surface area (Å²) in [4.78, 5) is 27.6. The zero-order valence-corrected chi connectivity index (χ0v) is 24.9. The van der Waals surface area contributed by atoms with E-state index in [4.69, 9.17) is 14.5 Å². The highest BCUT2D eigenvalue weighted by Crippen LogP contribution is 2.34. The van der Waals surface area contributed by atoms with Crippen LogP contribution in [0.2, 0.25) is 25.7 Å². The van der Waals surface area contributed by atoms with Crippen molar-refractivity contribution >= 4 is 25.6 Å². The van der Waals surface area contributed by atoms with Crippen molar-refractivity contribution in [2.75, 3.05) is 18.1 Å². The first-order chi connectivity index (χ1) is 20.2. The number of pyridine rings is 1. The van der Waals surface area contributed by atoms with Crippen LogP contribution in [0.5, 0.6) is 0 Å². The van der Waals surface area contributed by atoms with Gasteiger partial charge in [0.25, 0.3) is 0 Å². The van der Waals surface area contributed by atoms with E-state index in [0.29, 0.717) is 29.2 Å². The number of hydrogen-bond donors (Lipinski definition) is 0. The molecule has 13 heteroatoms. The molecule has 42 heavy (non-hydrogen) atoms. The van der Waals surface area contributed by atoms with Gasteiger partial charge in [0.05, 0.1) is 11.8 Å². The van der Waals surface area contributed by atoms with E-state index < -0.39 is 20.0 Å². The van der Waals surface area contributed by atoms with Crippen LogP contribution in [-0.2, 0) is 16.2 Å². The molecule has 0 bridgehead atoms. The number of aromatic nitrogens is 7. The molecule has 0 N–H and O–H groups in total. The number of benzene rings is 1. The minimum Gasteiger partial charge on any atom is -0.447 e. The number of cyclic esters (lactones) is 1. The normalized spacial score (nSPS) is 15.5. The maximum Gasteiger partial charge on any atom is 0.416 e. The molecule has 1 fully saturated rings. The van der Waals surface area contributed by atoms with Crippen LogP contribution in [0.15, 0.2) is 61.3 Å². The molecule has 11 nitrogen and oxygen atoms in total. The van der Waals surface area contributed by atoms with Crippen molar-refractivity contribution < 1.29 is 18.7 Å². The van der Waals surface area contributed by atoms with Crippen molar-refractivity contribution in [2.24, 2.45) is 0 Å². The van der Waals surface area contributed by atoms with Gasteiger partial charge in [-0.2, -0.15) is 5.10 Å². The zero-order valence-electron chi connectivity index (χ0n) is 23.9. The molecule has 4 aromatic heterocycles. The standard InChI is InChI=1S/C29H31FN8O3Si/c1-19-5-6-21(14-31-19)25-16-41-29(39)38(25)26-9-10-37-28(34-26)23(15-33-37)20-7-8-22(24(30)13-20)27-32-17-36(35-27)18-40-11-12-42(2,3)4/h5-10,13-15,17,25H,11-12,16,18H2,1-4H3/t25-/m0/s1. The molecule has 5 aromatic rings. The summed E-state index contributed by atoms with van der Waals surface area (Å²) in [6.07, 6.45) is 6.11. The first kappa shape index (κ1) is 27.7. The second-order valence-corrected chi connectivity index (χ2v) is 17.1. The number of amides is 1. The number of carbonyl (C=O) groups excluding carboxylic acids is 1. The van der Waals surface area contributed by atoms with Gasteiger partial charge in [-0.15, -0.1) is 5.10 Å². The molecule has 1 aromatic carbocycles. The Labute approximate surface area is 243 Å². The van der Waals surface area contributed by atoms with E-state index in [2.05, 4.69) is 39.8 Å². The maximum absolute atomic E-state index is 15.4. The predicted octanol–water partition coefficient (Wildman–Crippen LogP) is 5.51. The van der Waals surface area contributed by atoms with Gasteiger partial charge in [-0.3, -0.25) is 9.88 Å². The number of anilines is 1. The summed E-state index contributed by atoms with van der Waals surface area (Å²) in [6.45, 7) is 9.89. The van der Waals surface area contributed by atoms with Gasteiger partial charge in [0.1, 0.15) is 37.3 Å². The average molecular weight is 587 g/mol. The van der Waals surface area contributed by atoms with Crippen LogP contribution in [0.25, 0.3) is 28.2 Å². The van der Waals surface area contributed by atoms with Gasteiger partial charge < -0.3 is 9.47 Å². The van der Waals surface area contributed by atoms with Crippen LogP contribution in [0.3, 0.4) is 0 Å². The van der Waals surface area contributed by atoms with Gasteiger partial charge in [-0.25, -0.2) is 28.4 Å². The van der Waals surface area contributed by atoms with Crippen LogP contribution >= 0.6 is 0 Å². The molecule has 0 radical (unpaired) electrons. The molecule has 6 rings (SSSR count). The van der Waals surface area contributed by atoms with E-state index in [1.54, 1.807) is 46.0 Å². The van der Waals surface area contributed by atoms with E-state index >= 15 is 4.39 Å². The van der Waals surface area contributed by atoms with Gasteiger partial charge in [0, 0.05) is 38.3 Å². The smallest absolute Gasteiger partial charge is 0.416 e. The van der Waals surface area contributed by atoms with Crippen molar-refractivity contribution in [1.82, 2.24) is 34.3 Å². The summed E-state index contributed by atoms with van der Waals surface area (Å²) >= 11 is 0. The lowest BCUT2D eigenvalue weighted by atomic mass is 10.1. The van der Waals surface area contributed by atoms with Crippen LogP contribution in [-0.4, -0.2) is 61.7 Å². The van der Waals surface area contributed by atoms with Gasteiger partial charge >= 0.3 is 6.09 Å². The first-order valence-electron chi connectivity index (χ1n) is 13.7. The number of carbonyl (C=O) groups is 1. The number of ether oxygens (including phenoxy) is 2. The first-order valence-corrected chi connectivity index (χ1v) is 17.4. The Bertz CT molecular complexity index is 1750. The lowest BCUT2D eigenvalue weighted by Crippen LogP contribution is -2.28. The minimum absolute atomic E-state index is 0.184. The fraction of sp³-hybridized carbons (Fsp3) is 0.310. The molecule has 0 unspecified atom stereocenters. The molecular weight excluding hydrogens is 555 g/mol. The van der Waals surface area contributed by atoms with Gasteiger partial charge in [0.2, 0.25) is 0 Å². The molecular formula is C29H31FN8O3Si. The van der Waals surface area contributed by atoms with Gasteiger partial charge in [-0.1, -0.05) is 31.8 Å². The number of rotatable bonds is 9. The summed E-state index contributed by atoms with van der Waals surface area (Å²) in [5.41, 5.74) is 3.65. The van der Waals surface area contributed by atoms with Crippen LogP contribution in [0.4, 0.5) is 15.0 Å². The Hall–Kier alpha value is -4.49. The Kier molecular flexibility index (Phi) is 7.29. The predicted molar refractivity (Wildman–Crippen MR) is 157 cm³/mol. The lowest BCUT2D eigenvalue weighted by molar-refractivity contribution is 0.0784. The zero-order chi connectivity index (χ0) is 29.4. The summed E-state index contributed by atoms with van der Waals surface area (Å²) in [5, 5.41) is 8.77. The van der Waals surface area contributed by atoms with Crippen molar-refractivity contribution in [3.8, 4) is 22.5 Å². The molecule has 216 valence electrons. The maximum atomic E-state index is 15.4. The van der Waals surface area contributed by atoms with Crippen LogP contribution in [0, 0.1) is 12.7 Å². The number of fused-ring (bicyclic) bond motifs is 1. The highest BCUT2D eigenvalue weighted by atomic mass is 28.3. The third kappa shape index (κ3) is 5.65. The van der Waals surface area contributed by atoms with E-state index in [1.807, 2.05) is 19.1 Å². The molecule has 1 atom stereocenters. The summed E-state index contributed by atoms with van der Waals surface area (Å²) in [7, 11) is -1.18. The molecule has 0 spiro atoms. The number of nitrogens with zero attached hydrogens (tertiary/aromatic N) is 8. The average Bonchev–Trinajstić information content (AvgIpc) is 3.69. The molecule has 1 aliphatic heterocycles. The van der Waals surface area contributed by atoms with E-state index in [1.165, 1.54) is 17.3 Å². The Balaban J connectivity index is 1.24. The fourth-order valence-electron chi connectivity index (χ4n) is 4.67. The highest BCUT2D eigenvalue weighted by Gasteiger charge is 2.36. The molecule has 5 heterocycles. The van der Waals surface area contributed by atoms with Crippen molar-refractivity contribution in [1.29, 1.82) is 0 Å². The van der Waals surface area contributed by atoms with Crippen molar-refractivity contribution in [3.63, 3.8) is 0 Å². The summed E-state index contributed by atoms with van der Waals surface area (Å²) in [6, 6.07) is 11.0. The molecule has 1 saturated heterocycles. The fourth-order valence-corrected chi connectivity index (χ4v) is 5.43. The van der Waals surface area contributed by atoms with Crippen molar-refractivity contribution in [3.05, 3.63) is 78.4 Å². The van der Waals surface area contributed by atoms with Gasteiger partial charge in [0.15, 0.2) is 11.5 Å². The lowest BCUT2D eigenvalue weighted by Gasteiger charge is -2.20. The quantitative estimate of drug-likeness (QED) is 0.164. The van der Waals surface area contributed by atoms with Crippen molar-refractivity contribution in [2.45, 2.75) is 45.4 Å². The van der Waals surface area contributed by atoms with E-state index in [0.717, 1.165) is 17.3 Å². The van der Waals surface area contributed by atoms with Gasteiger partial charge in [-0.05, 0) is 48.4 Å². The third-order valence-electron chi connectivity index (χ3n) is 7.07. The van der Waals surface area contributed by atoms with E-state index in [9.17, 15) is 4.79 Å². The third-order valence-corrected chi connectivity index (χ3v) is 8.77. The summed E-state index contributed by atoms with van der Waals surface area (Å²) < 4.78 is 29.6. The monoisotopic (exact) mass is 586 g/mol. The largest absolute Gasteiger partial charge is 0.447 e. The second kappa shape index (κ2) is 11.1. The molecule has 0 aliphatic carbocycles. The topological polar surface area (TPSA) is 113 Å². The highest BCUT2D eigenvalue weighted by molar-refractivity contribution is 6.76. The van der Waals surface area contributed by atoms with E-state index in [-0.39, 0.29) is 30.8 Å². The number of aryl methyl sites for hydroxylation is 1. The Morgan fingerprint density at radius 2 is 1.95 bits per heavy atom. The molecule has 0 saturated carbocycles. The number of halogens is 1. The molecule has 1 amide bonds. The Morgan fingerprint density at radius 1 is 1.10 bits per heavy atom. The van der Waals surface area contributed by atoms with Crippen LogP contribution in [0.1, 0.15) is 17.3 Å². The minimum atomic E-state index is -1.18.